The van der Waals surface area contributed by atoms with Gasteiger partial charge in [-0.1, -0.05) is 0 Å². The molecule has 1 aliphatic heterocycles. The van der Waals surface area contributed by atoms with Crippen molar-refractivity contribution in [3.05, 3.63) is 28.8 Å². The average molecular weight is 394 g/mol. The van der Waals surface area contributed by atoms with Crippen LogP contribution < -0.4 is 22.1 Å². The van der Waals surface area contributed by atoms with E-state index >= 15 is 0 Å². The molecule has 7 N–H and O–H groups in total. The molecule has 1 heterocycles. The first-order valence-electron chi connectivity index (χ1n) is 9.28. The smallest absolute Gasteiger partial charge is 0.290 e. The Balaban J connectivity index is 0.000000878. The minimum atomic E-state index is -0.250. The highest BCUT2D eigenvalue weighted by Gasteiger charge is 2.29. The van der Waals surface area contributed by atoms with Crippen LogP contribution in [0.15, 0.2) is 17.1 Å². The third kappa shape index (κ3) is 5.20. The molecule has 0 spiro atoms. The van der Waals surface area contributed by atoms with Crippen LogP contribution in [-0.2, 0) is 27.4 Å². The molecule has 0 aromatic heterocycles. The van der Waals surface area contributed by atoms with Gasteiger partial charge in [-0.2, -0.15) is 0 Å². The van der Waals surface area contributed by atoms with Crippen LogP contribution in [-0.4, -0.2) is 48.8 Å². The number of aliphatic imine (C=N–C) groups is 1. The molecule has 1 aromatic rings. The summed E-state index contributed by atoms with van der Waals surface area (Å²) in [4.78, 5) is 17.9. The van der Waals surface area contributed by atoms with Crippen LogP contribution in [0, 0.1) is 0 Å². The molecule has 1 aliphatic carbocycles. The average Bonchev–Trinajstić information content (AvgIpc) is 2.66. The lowest BCUT2D eigenvalue weighted by molar-refractivity contribution is -0.122. The highest BCUT2D eigenvalue weighted by molar-refractivity contribution is 5.99. The summed E-state index contributed by atoms with van der Waals surface area (Å²) in [7, 11) is 1.68. The molecule has 0 radical (unpaired) electrons. The molecule has 1 fully saturated rings. The zero-order chi connectivity index (χ0) is 20.7. The van der Waals surface area contributed by atoms with Crippen molar-refractivity contribution >= 4 is 12.3 Å². The van der Waals surface area contributed by atoms with Gasteiger partial charge in [0.05, 0.1) is 12.6 Å². The fourth-order valence-corrected chi connectivity index (χ4v) is 3.53. The zero-order valence-electron chi connectivity index (χ0n) is 16.3. The summed E-state index contributed by atoms with van der Waals surface area (Å²) >= 11 is 0. The Kier molecular flexibility index (Phi) is 8.18. The van der Waals surface area contributed by atoms with Crippen molar-refractivity contribution < 1.29 is 24.2 Å². The predicted molar refractivity (Wildman–Crippen MR) is 105 cm³/mol. The summed E-state index contributed by atoms with van der Waals surface area (Å²) < 4.78 is 11.5. The van der Waals surface area contributed by atoms with Gasteiger partial charge in [-0.3, -0.25) is 14.6 Å². The summed E-state index contributed by atoms with van der Waals surface area (Å²) in [5.41, 5.74) is 15.2. The molecule has 1 saturated carbocycles. The van der Waals surface area contributed by atoms with Gasteiger partial charge in [-0.15, -0.1) is 0 Å². The molecule has 2 atom stereocenters. The third-order valence-electron chi connectivity index (χ3n) is 5.12. The number of fused-ring (bicyclic) bond motifs is 1. The van der Waals surface area contributed by atoms with E-state index in [1.165, 1.54) is 0 Å². The zero-order valence-corrected chi connectivity index (χ0v) is 16.3. The number of amidine groups is 1. The molecule has 2 unspecified atom stereocenters. The molecule has 3 rings (SSSR count). The van der Waals surface area contributed by atoms with Crippen molar-refractivity contribution in [3.63, 3.8) is 0 Å². The Labute approximate surface area is 164 Å². The maximum absolute atomic E-state index is 8.36. The van der Waals surface area contributed by atoms with Crippen molar-refractivity contribution in [1.29, 1.82) is 0 Å². The van der Waals surface area contributed by atoms with Crippen LogP contribution >= 0.6 is 0 Å². The molecule has 0 amide bonds. The van der Waals surface area contributed by atoms with Crippen LogP contribution in [0.3, 0.4) is 0 Å². The van der Waals surface area contributed by atoms with Crippen molar-refractivity contribution in [2.24, 2.45) is 22.4 Å². The van der Waals surface area contributed by atoms with E-state index in [1.54, 1.807) is 7.11 Å². The first-order chi connectivity index (χ1) is 13.4. The number of benzene rings is 1. The van der Waals surface area contributed by atoms with Gasteiger partial charge in [0.2, 0.25) is 0 Å². The maximum Gasteiger partial charge on any atom is 0.290 e. The first kappa shape index (κ1) is 22.1. The van der Waals surface area contributed by atoms with Crippen molar-refractivity contribution in [2.75, 3.05) is 7.11 Å². The van der Waals surface area contributed by atoms with Crippen molar-refractivity contribution in [1.82, 2.24) is 0 Å². The van der Waals surface area contributed by atoms with Crippen LogP contribution in [0.5, 0.6) is 5.75 Å². The van der Waals surface area contributed by atoms with Crippen molar-refractivity contribution in [3.8, 4) is 5.75 Å². The minimum absolute atomic E-state index is 0.0544. The second-order valence-corrected chi connectivity index (χ2v) is 7.04. The number of nitrogens with two attached hydrogens (primary N) is 3. The van der Waals surface area contributed by atoms with E-state index in [0.29, 0.717) is 12.4 Å². The fourth-order valence-electron chi connectivity index (χ4n) is 3.53. The molecule has 1 aromatic carbocycles. The SMILES string of the molecule is COCc1c(C(N)=NC2CC(N)C2)ccc2c1CCC(C(C)ON)O2.O=CO. The topological polar surface area (TPSA) is 155 Å². The quantitative estimate of drug-likeness (QED) is 0.238. The highest BCUT2D eigenvalue weighted by Crippen LogP contribution is 2.34. The van der Waals surface area contributed by atoms with Crippen molar-refractivity contribution in [2.45, 2.75) is 63.5 Å². The monoisotopic (exact) mass is 394 g/mol. The Morgan fingerprint density at radius 3 is 2.71 bits per heavy atom. The summed E-state index contributed by atoms with van der Waals surface area (Å²) in [6.45, 7) is 2.13. The number of carboxylic acid groups (broad SMARTS) is 1. The number of ether oxygens (including phenoxy) is 2. The Morgan fingerprint density at radius 2 is 2.14 bits per heavy atom. The molecular weight excluding hydrogens is 364 g/mol. The normalized spacial score (nSPS) is 24.7. The lowest BCUT2D eigenvalue weighted by atomic mass is 9.88. The number of methoxy groups -OCH3 is 1. The molecular formula is C19H30N4O5. The van der Waals surface area contributed by atoms with E-state index in [4.69, 9.17) is 41.6 Å². The number of rotatable bonds is 6. The molecule has 0 bridgehead atoms. The second kappa shape index (κ2) is 10.4. The predicted octanol–water partition coefficient (Wildman–Crippen LogP) is 0.701. The van der Waals surface area contributed by atoms with Crippen LogP contribution in [0.2, 0.25) is 0 Å². The van der Waals surface area contributed by atoms with Gasteiger partial charge in [-0.05, 0) is 50.3 Å². The number of hydrogen-bond donors (Lipinski definition) is 4. The molecule has 0 saturated heterocycles. The summed E-state index contributed by atoms with van der Waals surface area (Å²) in [5.74, 6) is 6.69. The van der Waals surface area contributed by atoms with Gasteiger partial charge in [0, 0.05) is 24.3 Å². The van der Waals surface area contributed by atoms with E-state index in [9.17, 15) is 0 Å². The Morgan fingerprint density at radius 1 is 1.46 bits per heavy atom. The third-order valence-corrected chi connectivity index (χ3v) is 5.12. The van der Waals surface area contributed by atoms with Gasteiger partial charge < -0.3 is 26.0 Å². The highest BCUT2D eigenvalue weighted by atomic mass is 16.6. The van der Waals surface area contributed by atoms with Gasteiger partial charge in [0.1, 0.15) is 23.8 Å². The van der Waals surface area contributed by atoms with E-state index in [-0.39, 0.29) is 30.8 Å². The minimum Gasteiger partial charge on any atom is -0.487 e. The number of nitrogens with zero attached hydrogens (tertiary/aromatic N) is 1. The standard InChI is InChI=1S/C18H28N4O3.CH2O2/c1-10(25-21)16-5-3-13-15(9-23-2)14(4-6-17(13)24-16)18(20)22-12-7-11(19)8-12;2-1-3/h4,6,10-12,16H,3,5,7-9,19,21H2,1-2H3,(H2,20,22);1H,(H,2,3). The summed E-state index contributed by atoms with van der Waals surface area (Å²) in [6, 6.07) is 4.39. The molecule has 2 aliphatic rings. The van der Waals surface area contributed by atoms with Crippen LogP contribution in [0.4, 0.5) is 0 Å². The molecule has 28 heavy (non-hydrogen) atoms. The number of hydrogen-bond acceptors (Lipinski definition) is 7. The van der Waals surface area contributed by atoms with Crippen LogP contribution in [0.25, 0.3) is 0 Å². The second-order valence-electron chi connectivity index (χ2n) is 7.04. The van der Waals surface area contributed by atoms with E-state index < -0.39 is 0 Å². The Hall–Kier alpha value is -2.20. The largest absolute Gasteiger partial charge is 0.487 e. The van der Waals surface area contributed by atoms with E-state index in [2.05, 4.69) is 4.99 Å². The summed E-state index contributed by atoms with van der Waals surface area (Å²) in [6.07, 6.45) is 3.27. The van der Waals surface area contributed by atoms with E-state index in [1.807, 2.05) is 19.1 Å². The van der Waals surface area contributed by atoms with Gasteiger partial charge in [-0.25, -0.2) is 5.90 Å². The first-order valence-corrected chi connectivity index (χ1v) is 9.28. The Bertz CT molecular complexity index is 691. The maximum atomic E-state index is 8.36. The lowest BCUT2D eigenvalue weighted by Gasteiger charge is -2.32. The molecule has 9 nitrogen and oxygen atoms in total. The number of carbonyl (C=O) groups is 1. The van der Waals surface area contributed by atoms with Gasteiger partial charge in [0.15, 0.2) is 0 Å². The van der Waals surface area contributed by atoms with E-state index in [0.717, 1.165) is 48.1 Å². The molecule has 9 heteroatoms. The lowest BCUT2D eigenvalue weighted by Crippen LogP contribution is -2.40. The molecule has 156 valence electrons. The fraction of sp³-hybridized carbons (Fsp3) is 0.579. The van der Waals surface area contributed by atoms with Crippen LogP contribution in [0.1, 0.15) is 42.9 Å². The summed E-state index contributed by atoms with van der Waals surface area (Å²) in [5, 5.41) is 6.89. The van der Waals surface area contributed by atoms with Gasteiger partial charge in [0.25, 0.3) is 6.47 Å². The van der Waals surface area contributed by atoms with Gasteiger partial charge >= 0.3 is 0 Å².